The monoisotopic (exact) mass is 321 g/mol. The summed E-state index contributed by atoms with van der Waals surface area (Å²) in [5, 5.41) is 1.05. The molecule has 3 rings (SSSR count). The smallest absolute Gasteiger partial charge is 0.226 e. The van der Waals surface area contributed by atoms with E-state index in [0.717, 1.165) is 34.4 Å². The van der Waals surface area contributed by atoms with Crippen LogP contribution in [0.4, 0.5) is 5.95 Å². The minimum atomic E-state index is 0.216. The minimum Gasteiger partial charge on any atom is -0.372 e. The number of benzene rings is 1. The molecule has 4 nitrogen and oxygen atoms in total. The van der Waals surface area contributed by atoms with Gasteiger partial charge < -0.3 is 9.64 Å². The lowest BCUT2D eigenvalue weighted by Crippen LogP contribution is -2.46. The molecule has 1 fully saturated rings. The van der Waals surface area contributed by atoms with Crippen LogP contribution in [-0.4, -0.2) is 35.3 Å². The van der Waals surface area contributed by atoms with Crippen LogP contribution in [0.1, 0.15) is 13.8 Å². The van der Waals surface area contributed by atoms with Crippen molar-refractivity contribution in [3.63, 3.8) is 0 Å². The summed E-state index contributed by atoms with van der Waals surface area (Å²) in [6, 6.07) is 6.05. The molecule has 100 valence electrons. The van der Waals surface area contributed by atoms with E-state index < -0.39 is 0 Å². The highest BCUT2D eigenvalue weighted by Crippen LogP contribution is 2.21. The lowest BCUT2D eigenvalue weighted by atomic mass is 10.2. The molecule has 0 saturated carbocycles. The maximum Gasteiger partial charge on any atom is 0.226 e. The maximum atomic E-state index is 5.74. The van der Waals surface area contributed by atoms with E-state index in [1.165, 1.54) is 0 Å². The fourth-order valence-electron chi connectivity index (χ4n) is 2.49. The zero-order valence-corrected chi connectivity index (χ0v) is 12.6. The highest BCUT2D eigenvalue weighted by molar-refractivity contribution is 9.10. The molecule has 0 bridgehead atoms. The molecule has 19 heavy (non-hydrogen) atoms. The molecule has 1 saturated heterocycles. The van der Waals surface area contributed by atoms with Crippen LogP contribution in [0.3, 0.4) is 0 Å². The Morgan fingerprint density at radius 1 is 1.26 bits per heavy atom. The Labute approximate surface area is 120 Å². The van der Waals surface area contributed by atoms with Crippen LogP contribution in [0.2, 0.25) is 0 Å². The first kappa shape index (κ1) is 12.8. The van der Waals surface area contributed by atoms with Gasteiger partial charge in [-0.15, -0.1) is 0 Å². The van der Waals surface area contributed by atoms with Gasteiger partial charge in [0.25, 0.3) is 0 Å². The Balaban J connectivity index is 1.94. The third kappa shape index (κ3) is 2.72. The van der Waals surface area contributed by atoms with E-state index in [1.807, 2.05) is 24.4 Å². The van der Waals surface area contributed by atoms with Crippen molar-refractivity contribution in [2.75, 3.05) is 18.0 Å². The summed E-state index contributed by atoms with van der Waals surface area (Å²) >= 11 is 3.46. The summed E-state index contributed by atoms with van der Waals surface area (Å²) in [6.07, 6.45) is 2.31. The SMILES string of the molecule is C[C@@H]1CN(c2ncc3cc(Br)ccc3n2)C[C@H](C)O1. The van der Waals surface area contributed by atoms with E-state index in [4.69, 9.17) is 4.74 Å². The number of nitrogens with zero attached hydrogens (tertiary/aromatic N) is 3. The molecule has 0 N–H and O–H groups in total. The third-order valence-electron chi connectivity index (χ3n) is 3.23. The van der Waals surface area contributed by atoms with Gasteiger partial charge in [0.15, 0.2) is 0 Å². The molecule has 1 aromatic heterocycles. The van der Waals surface area contributed by atoms with Gasteiger partial charge in [-0.2, -0.15) is 0 Å². The highest BCUT2D eigenvalue weighted by Gasteiger charge is 2.24. The van der Waals surface area contributed by atoms with Crippen LogP contribution in [0.5, 0.6) is 0 Å². The van der Waals surface area contributed by atoms with Gasteiger partial charge in [0.2, 0.25) is 5.95 Å². The Kier molecular flexibility index (Phi) is 3.41. The summed E-state index contributed by atoms with van der Waals surface area (Å²) in [6.45, 7) is 5.85. The molecule has 0 aliphatic carbocycles. The van der Waals surface area contributed by atoms with Gasteiger partial charge in [0.1, 0.15) is 0 Å². The molecule has 1 aliphatic heterocycles. The van der Waals surface area contributed by atoms with Gasteiger partial charge in [0.05, 0.1) is 17.7 Å². The summed E-state index contributed by atoms with van der Waals surface area (Å²) in [7, 11) is 0. The Hall–Kier alpha value is -1.20. The topological polar surface area (TPSA) is 38.2 Å². The predicted octanol–water partition coefficient (Wildman–Crippen LogP) is 3.01. The van der Waals surface area contributed by atoms with Crippen LogP contribution < -0.4 is 4.90 Å². The van der Waals surface area contributed by atoms with Crippen LogP contribution >= 0.6 is 15.9 Å². The van der Waals surface area contributed by atoms with E-state index in [1.54, 1.807) is 0 Å². The lowest BCUT2D eigenvalue weighted by molar-refractivity contribution is -0.00570. The van der Waals surface area contributed by atoms with Gasteiger partial charge in [-0.05, 0) is 32.0 Å². The standard InChI is InChI=1S/C14H16BrN3O/c1-9-7-18(8-10(2)19-9)14-16-6-11-5-12(15)3-4-13(11)17-14/h3-6,9-10H,7-8H2,1-2H3/t9-,10+. The predicted molar refractivity (Wildman–Crippen MR) is 79.5 cm³/mol. The van der Waals surface area contributed by atoms with Gasteiger partial charge in [0, 0.05) is 29.1 Å². The molecule has 1 aliphatic rings. The van der Waals surface area contributed by atoms with E-state index in [2.05, 4.69) is 44.6 Å². The number of fused-ring (bicyclic) bond motifs is 1. The lowest BCUT2D eigenvalue weighted by Gasteiger charge is -2.35. The number of ether oxygens (including phenoxy) is 1. The summed E-state index contributed by atoms with van der Waals surface area (Å²) in [5.41, 5.74) is 0.972. The van der Waals surface area contributed by atoms with E-state index in [0.29, 0.717) is 0 Å². The first-order valence-corrected chi connectivity index (χ1v) is 7.24. The molecule has 0 radical (unpaired) electrons. The first-order valence-electron chi connectivity index (χ1n) is 6.44. The maximum absolute atomic E-state index is 5.74. The number of hydrogen-bond acceptors (Lipinski definition) is 4. The van der Waals surface area contributed by atoms with Crippen molar-refractivity contribution in [2.45, 2.75) is 26.1 Å². The van der Waals surface area contributed by atoms with Gasteiger partial charge in [-0.25, -0.2) is 9.97 Å². The normalized spacial score (nSPS) is 23.8. The number of anilines is 1. The summed E-state index contributed by atoms with van der Waals surface area (Å²) < 4.78 is 6.78. The van der Waals surface area contributed by atoms with Crippen LogP contribution in [0.25, 0.3) is 10.9 Å². The van der Waals surface area contributed by atoms with Crippen molar-refractivity contribution in [3.8, 4) is 0 Å². The van der Waals surface area contributed by atoms with Crippen molar-refractivity contribution >= 4 is 32.8 Å². The van der Waals surface area contributed by atoms with Crippen molar-refractivity contribution in [1.29, 1.82) is 0 Å². The second-order valence-corrected chi connectivity index (χ2v) is 5.95. The first-order chi connectivity index (χ1) is 9.11. The van der Waals surface area contributed by atoms with Crippen molar-refractivity contribution in [3.05, 3.63) is 28.9 Å². The summed E-state index contributed by atoms with van der Waals surface area (Å²) in [5.74, 6) is 0.789. The largest absolute Gasteiger partial charge is 0.372 e. The van der Waals surface area contributed by atoms with E-state index in [-0.39, 0.29) is 12.2 Å². The quantitative estimate of drug-likeness (QED) is 0.809. The zero-order valence-electron chi connectivity index (χ0n) is 11.0. The third-order valence-corrected chi connectivity index (χ3v) is 3.72. The zero-order chi connectivity index (χ0) is 13.4. The Bertz CT molecular complexity index is 594. The fourth-order valence-corrected chi connectivity index (χ4v) is 2.87. The number of halogens is 1. The van der Waals surface area contributed by atoms with E-state index >= 15 is 0 Å². The second kappa shape index (κ2) is 5.06. The molecule has 2 atom stereocenters. The number of aromatic nitrogens is 2. The van der Waals surface area contributed by atoms with Gasteiger partial charge in [-0.1, -0.05) is 15.9 Å². The molecule has 0 spiro atoms. The molecule has 0 amide bonds. The summed E-state index contributed by atoms with van der Waals surface area (Å²) in [4.78, 5) is 11.3. The number of morpholine rings is 1. The second-order valence-electron chi connectivity index (χ2n) is 5.04. The van der Waals surface area contributed by atoms with Gasteiger partial charge in [-0.3, -0.25) is 0 Å². The van der Waals surface area contributed by atoms with Gasteiger partial charge >= 0.3 is 0 Å². The minimum absolute atomic E-state index is 0.216. The molecule has 2 aromatic rings. The van der Waals surface area contributed by atoms with E-state index in [9.17, 15) is 0 Å². The molecule has 5 heteroatoms. The average molecular weight is 322 g/mol. The molecule has 0 unspecified atom stereocenters. The Morgan fingerprint density at radius 3 is 2.74 bits per heavy atom. The molecule has 2 heterocycles. The molecule has 1 aromatic carbocycles. The number of hydrogen-bond donors (Lipinski definition) is 0. The molecular weight excluding hydrogens is 306 g/mol. The average Bonchev–Trinajstić information content (AvgIpc) is 2.37. The molecular formula is C14H16BrN3O. The van der Waals surface area contributed by atoms with Crippen LogP contribution in [0.15, 0.2) is 28.9 Å². The van der Waals surface area contributed by atoms with Crippen molar-refractivity contribution in [1.82, 2.24) is 9.97 Å². The van der Waals surface area contributed by atoms with Crippen LogP contribution in [0, 0.1) is 0 Å². The highest BCUT2D eigenvalue weighted by atomic mass is 79.9. The number of rotatable bonds is 1. The van der Waals surface area contributed by atoms with Crippen LogP contribution in [-0.2, 0) is 4.74 Å². The van der Waals surface area contributed by atoms with Crippen molar-refractivity contribution < 1.29 is 4.74 Å². The fraction of sp³-hybridized carbons (Fsp3) is 0.429. The Morgan fingerprint density at radius 2 is 2.00 bits per heavy atom. The van der Waals surface area contributed by atoms with Crippen molar-refractivity contribution in [2.24, 2.45) is 0 Å².